The molecule has 14 heavy (non-hydrogen) atoms. The van der Waals surface area contributed by atoms with Crippen LogP contribution in [0.25, 0.3) is 10.8 Å². The van der Waals surface area contributed by atoms with Gasteiger partial charge in [-0.25, -0.2) is 0 Å². The second-order valence-electron chi connectivity index (χ2n) is 2.82. The molecule has 0 bridgehead atoms. The molecule has 1 aromatic carbocycles. The Morgan fingerprint density at radius 1 is 1.07 bits per heavy atom. The zero-order chi connectivity index (χ0) is 9.26. The van der Waals surface area contributed by atoms with E-state index in [1.54, 1.807) is 6.20 Å². The number of halogens is 1. The van der Waals surface area contributed by atoms with Crippen molar-refractivity contribution in [3.8, 4) is 0 Å². The van der Waals surface area contributed by atoms with Crippen LogP contribution in [0, 0.1) is 0 Å². The van der Waals surface area contributed by atoms with Crippen molar-refractivity contribution >= 4 is 35.8 Å². The fraction of sp³-hybridized carbons (Fsp3) is 0. The van der Waals surface area contributed by atoms with Gasteiger partial charge in [-0.3, -0.25) is 4.98 Å². The Bertz CT molecular complexity index is 431. The van der Waals surface area contributed by atoms with Crippen molar-refractivity contribution in [1.82, 2.24) is 4.98 Å². The van der Waals surface area contributed by atoms with Crippen LogP contribution in [0.5, 0.6) is 0 Å². The number of aromatic nitrogens is 1. The quantitative estimate of drug-likeness (QED) is 0.666. The maximum absolute atomic E-state index is 9.04. The molecule has 0 aliphatic rings. The van der Waals surface area contributed by atoms with Gasteiger partial charge >= 0.3 is 7.12 Å². The fourth-order valence-electron chi connectivity index (χ4n) is 1.35. The summed E-state index contributed by atoms with van der Waals surface area (Å²) in [6.45, 7) is 0. The Morgan fingerprint density at radius 3 is 2.50 bits per heavy atom. The molecule has 0 saturated carbocycles. The van der Waals surface area contributed by atoms with Crippen molar-refractivity contribution in [3.63, 3.8) is 0 Å². The highest BCUT2D eigenvalue weighted by molar-refractivity contribution is 6.61. The molecule has 1 heterocycles. The van der Waals surface area contributed by atoms with Gasteiger partial charge in [0.05, 0.1) is 0 Å². The molecule has 0 saturated heterocycles. The van der Waals surface area contributed by atoms with E-state index in [1.807, 2.05) is 24.3 Å². The highest BCUT2D eigenvalue weighted by atomic mass is 35.5. The average molecular weight is 209 g/mol. The predicted octanol–water partition coefficient (Wildman–Crippen LogP) is 0.336. The van der Waals surface area contributed by atoms with Crippen molar-refractivity contribution in [3.05, 3.63) is 36.7 Å². The molecule has 2 rings (SSSR count). The molecular formula is C9H9BClNO2. The summed E-state index contributed by atoms with van der Waals surface area (Å²) in [6.07, 6.45) is 3.16. The highest BCUT2D eigenvalue weighted by Crippen LogP contribution is 2.08. The predicted molar refractivity (Wildman–Crippen MR) is 58.8 cm³/mol. The minimum Gasteiger partial charge on any atom is -0.423 e. The molecule has 3 nitrogen and oxygen atoms in total. The van der Waals surface area contributed by atoms with Crippen molar-refractivity contribution < 1.29 is 10.0 Å². The van der Waals surface area contributed by atoms with Crippen LogP contribution >= 0.6 is 12.4 Å². The number of rotatable bonds is 1. The number of hydrogen-bond donors (Lipinski definition) is 2. The largest absolute Gasteiger partial charge is 0.490 e. The molecule has 2 aromatic rings. The normalized spacial score (nSPS) is 9.57. The maximum atomic E-state index is 9.04. The van der Waals surface area contributed by atoms with Gasteiger partial charge in [0, 0.05) is 17.9 Å². The van der Waals surface area contributed by atoms with Crippen LogP contribution in [0.3, 0.4) is 0 Å². The molecule has 5 heteroatoms. The average Bonchev–Trinajstić information content (AvgIpc) is 2.17. The molecule has 0 fully saturated rings. The van der Waals surface area contributed by atoms with Crippen molar-refractivity contribution in [1.29, 1.82) is 0 Å². The van der Waals surface area contributed by atoms with Gasteiger partial charge in [-0.1, -0.05) is 24.3 Å². The molecule has 72 valence electrons. The van der Waals surface area contributed by atoms with Crippen LogP contribution in [-0.2, 0) is 0 Å². The van der Waals surface area contributed by atoms with E-state index in [0.29, 0.717) is 5.46 Å². The van der Waals surface area contributed by atoms with Crippen LogP contribution in [0.4, 0.5) is 0 Å². The zero-order valence-electron chi connectivity index (χ0n) is 7.29. The molecule has 0 unspecified atom stereocenters. The minimum atomic E-state index is -1.46. The molecule has 2 N–H and O–H groups in total. The lowest BCUT2D eigenvalue weighted by molar-refractivity contribution is 0.426. The summed E-state index contributed by atoms with van der Waals surface area (Å²) in [5.41, 5.74) is 0.443. The Kier molecular flexibility index (Phi) is 3.46. The Hall–Kier alpha value is -1.10. The van der Waals surface area contributed by atoms with E-state index in [0.717, 1.165) is 10.8 Å². The van der Waals surface area contributed by atoms with Gasteiger partial charge in [-0.15, -0.1) is 12.4 Å². The highest BCUT2D eigenvalue weighted by Gasteiger charge is 2.13. The Labute approximate surface area is 88.0 Å². The second kappa shape index (κ2) is 4.42. The monoisotopic (exact) mass is 209 g/mol. The molecule has 1 aromatic heterocycles. The number of benzene rings is 1. The van der Waals surface area contributed by atoms with Gasteiger partial charge < -0.3 is 10.0 Å². The van der Waals surface area contributed by atoms with Gasteiger partial charge in [0.15, 0.2) is 0 Å². The van der Waals surface area contributed by atoms with Crippen molar-refractivity contribution in [2.45, 2.75) is 0 Å². The molecule has 0 amide bonds. The molecule has 0 aliphatic heterocycles. The first-order valence-electron chi connectivity index (χ1n) is 3.98. The van der Waals surface area contributed by atoms with Gasteiger partial charge in [0.25, 0.3) is 0 Å². The second-order valence-corrected chi connectivity index (χ2v) is 2.82. The van der Waals surface area contributed by atoms with E-state index in [9.17, 15) is 0 Å². The summed E-state index contributed by atoms with van der Waals surface area (Å²) in [6, 6.07) is 7.46. The maximum Gasteiger partial charge on any atom is 0.490 e. The van der Waals surface area contributed by atoms with Gasteiger partial charge in [0.1, 0.15) is 0 Å². The van der Waals surface area contributed by atoms with E-state index in [-0.39, 0.29) is 12.4 Å². The van der Waals surface area contributed by atoms with Crippen LogP contribution in [-0.4, -0.2) is 22.2 Å². The van der Waals surface area contributed by atoms with E-state index in [1.165, 1.54) is 6.20 Å². The minimum absolute atomic E-state index is 0. The standard InChI is InChI=1S/C9H8BNO2.ClH/c12-10(13)9-6-11-5-7-3-1-2-4-8(7)9;/h1-6,12-13H;1H. The summed E-state index contributed by atoms with van der Waals surface area (Å²) in [5.74, 6) is 0. The van der Waals surface area contributed by atoms with Crippen LogP contribution < -0.4 is 5.46 Å². The number of fused-ring (bicyclic) bond motifs is 1. The lowest BCUT2D eigenvalue weighted by atomic mass is 9.78. The summed E-state index contributed by atoms with van der Waals surface area (Å²) >= 11 is 0. The Balaban J connectivity index is 0.000000980. The van der Waals surface area contributed by atoms with E-state index in [2.05, 4.69) is 4.98 Å². The zero-order valence-corrected chi connectivity index (χ0v) is 8.11. The van der Waals surface area contributed by atoms with Crippen molar-refractivity contribution in [2.75, 3.05) is 0 Å². The van der Waals surface area contributed by atoms with E-state index < -0.39 is 7.12 Å². The topological polar surface area (TPSA) is 53.4 Å². The molecule has 0 atom stereocenters. The molecule has 0 radical (unpaired) electrons. The molecule has 0 spiro atoms. The van der Waals surface area contributed by atoms with Gasteiger partial charge in [-0.2, -0.15) is 0 Å². The third-order valence-corrected chi connectivity index (χ3v) is 1.98. The summed E-state index contributed by atoms with van der Waals surface area (Å²) in [7, 11) is -1.46. The molecular weight excluding hydrogens is 200 g/mol. The number of hydrogen-bond acceptors (Lipinski definition) is 3. The van der Waals surface area contributed by atoms with Gasteiger partial charge in [0.2, 0.25) is 0 Å². The summed E-state index contributed by atoms with van der Waals surface area (Å²) < 4.78 is 0. The summed E-state index contributed by atoms with van der Waals surface area (Å²) in [4.78, 5) is 3.91. The molecule has 0 aliphatic carbocycles. The van der Waals surface area contributed by atoms with E-state index in [4.69, 9.17) is 10.0 Å². The SMILES string of the molecule is Cl.OB(O)c1cncc2ccccc12. The first-order chi connectivity index (χ1) is 6.29. The van der Waals surface area contributed by atoms with Gasteiger partial charge in [-0.05, 0) is 10.8 Å². The van der Waals surface area contributed by atoms with E-state index >= 15 is 0 Å². The first-order valence-corrected chi connectivity index (χ1v) is 3.98. The first kappa shape index (κ1) is 11.0. The van der Waals surface area contributed by atoms with Crippen LogP contribution in [0.15, 0.2) is 36.7 Å². The van der Waals surface area contributed by atoms with Crippen molar-refractivity contribution in [2.24, 2.45) is 0 Å². The smallest absolute Gasteiger partial charge is 0.423 e. The third-order valence-electron chi connectivity index (χ3n) is 1.98. The fourth-order valence-corrected chi connectivity index (χ4v) is 1.35. The number of nitrogens with zero attached hydrogens (tertiary/aromatic N) is 1. The lowest BCUT2D eigenvalue weighted by Gasteiger charge is -2.03. The van der Waals surface area contributed by atoms with Crippen LogP contribution in [0.2, 0.25) is 0 Å². The van der Waals surface area contributed by atoms with Crippen LogP contribution in [0.1, 0.15) is 0 Å². The summed E-state index contributed by atoms with van der Waals surface area (Å²) in [5, 5.41) is 19.8. The third kappa shape index (κ3) is 1.87. The Morgan fingerprint density at radius 2 is 1.79 bits per heavy atom. The lowest BCUT2D eigenvalue weighted by Crippen LogP contribution is -2.30. The number of pyridine rings is 1.